The first-order chi connectivity index (χ1) is 18.1. The van der Waals surface area contributed by atoms with Crippen LogP contribution in [0.1, 0.15) is 65.2 Å². The van der Waals surface area contributed by atoms with Crippen LogP contribution in [0.5, 0.6) is 0 Å². The quantitative estimate of drug-likeness (QED) is 0.0797. The Hall–Kier alpha value is -2.93. The highest BCUT2D eigenvalue weighted by Crippen LogP contribution is 2.17. The van der Waals surface area contributed by atoms with Crippen LogP contribution in [0.3, 0.4) is 0 Å². The molecule has 0 aromatic rings. The van der Waals surface area contributed by atoms with Crippen LogP contribution in [-0.2, 0) is 38.5 Å². The van der Waals surface area contributed by atoms with Crippen LogP contribution in [-0.4, -0.2) is 93.7 Å². The largest absolute Gasteiger partial charge is 0.457 e. The van der Waals surface area contributed by atoms with Crippen molar-refractivity contribution in [1.29, 1.82) is 0 Å². The molecule has 0 saturated carbocycles. The second kappa shape index (κ2) is 16.1. The van der Waals surface area contributed by atoms with Gasteiger partial charge in [-0.25, -0.2) is 9.78 Å². The molecular weight excluding hydrogens is 500 g/mol. The summed E-state index contributed by atoms with van der Waals surface area (Å²) in [6, 6.07) is 0. The number of imide groups is 2. The van der Waals surface area contributed by atoms with Crippen molar-refractivity contribution in [3.8, 4) is 0 Å². The Bertz CT molecular complexity index is 862. The third kappa shape index (κ3) is 10.1. The smallest absolute Gasteiger partial charge is 0.306 e. The lowest BCUT2D eigenvalue weighted by Crippen LogP contribution is -2.47. The van der Waals surface area contributed by atoms with Gasteiger partial charge in [0, 0.05) is 43.8 Å². The minimum absolute atomic E-state index is 0.0570. The maximum absolute atomic E-state index is 12.3. The number of esters is 1. The van der Waals surface area contributed by atoms with Gasteiger partial charge in [-0.3, -0.25) is 33.8 Å². The summed E-state index contributed by atoms with van der Waals surface area (Å²) in [7, 11) is 0. The van der Waals surface area contributed by atoms with E-state index in [-0.39, 0.29) is 43.2 Å². The summed E-state index contributed by atoms with van der Waals surface area (Å²) in [6.45, 7) is 3.69. The van der Waals surface area contributed by atoms with Crippen LogP contribution in [0, 0.1) is 0 Å². The van der Waals surface area contributed by atoms with Gasteiger partial charge in [0.2, 0.25) is 0 Å². The number of hydrogen-bond donors (Lipinski definition) is 2. The van der Waals surface area contributed by atoms with Crippen molar-refractivity contribution < 1.29 is 48.7 Å². The SMILES string of the molecule is CC(O)C(OOCCCCCCN1C(=O)C=CC1=O)C(OC(=O)CCCCCN1C(=O)C=CC1=O)C(C)O. The molecule has 2 aliphatic rings. The molecule has 4 unspecified atom stereocenters. The van der Waals surface area contributed by atoms with Crippen LogP contribution in [0.4, 0.5) is 0 Å². The fraction of sp³-hybridized carbons (Fsp3) is 0.654. The number of nitrogens with zero attached hydrogens (tertiary/aromatic N) is 2. The van der Waals surface area contributed by atoms with Crippen molar-refractivity contribution in [2.75, 3.05) is 19.7 Å². The molecule has 0 radical (unpaired) electrons. The minimum Gasteiger partial charge on any atom is -0.457 e. The standard InChI is InChI=1S/C26H38N2O10/c1-18(29)25(37-24(35)10-6-5-8-16-28-22(33)13-14-23(28)34)26(19(2)30)38-36-17-9-4-3-7-15-27-20(31)11-12-21(27)32/h11-14,18-19,25-26,29-30H,3-10,15-17H2,1-2H3. The van der Waals surface area contributed by atoms with E-state index in [1.54, 1.807) is 0 Å². The number of carbonyl (C=O) groups excluding carboxylic acids is 5. The van der Waals surface area contributed by atoms with Crippen LogP contribution in [0.25, 0.3) is 0 Å². The Kier molecular flexibility index (Phi) is 13.3. The van der Waals surface area contributed by atoms with E-state index in [1.165, 1.54) is 43.1 Å². The molecule has 0 saturated heterocycles. The summed E-state index contributed by atoms with van der Waals surface area (Å²) in [5.74, 6) is -1.85. The minimum atomic E-state index is -1.16. The van der Waals surface area contributed by atoms with E-state index < -0.39 is 30.4 Å². The molecule has 2 aliphatic heterocycles. The van der Waals surface area contributed by atoms with E-state index in [0.717, 1.165) is 17.7 Å². The third-order valence-electron chi connectivity index (χ3n) is 6.14. The van der Waals surface area contributed by atoms with Gasteiger partial charge in [-0.1, -0.05) is 19.3 Å². The van der Waals surface area contributed by atoms with Gasteiger partial charge in [-0.15, -0.1) is 0 Å². The molecule has 2 rings (SSSR count). The maximum Gasteiger partial charge on any atom is 0.306 e. The number of ether oxygens (including phenoxy) is 1. The molecule has 0 aromatic heterocycles. The number of aliphatic hydroxyl groups is 2. The number of rotatable bonds is 19. The van der Waals surface area contributed by atoms with Gasteiger partial charge in [-0.05, 0) is 39.5 Å². The van der Waals surface area contributed by atoms with Gasteiger partial charge in [0.25, 0.3) is 23.6 Å². The summed E-state index contributed by atoms with van der Waals surface area (Å²) in [5, 5.41) is 20.3. The van der Waals surface area contributed by atoms with Crippen molar-refractivity contribution in [2.45, 2.75) is 89.6 Å². The maximum atomic E-state index is 12.3. The van der Waals surface area contributed by atoms with Gasteiger partial charge in [0.05, 0.1) is 18.8 Å². The van der Waals surface area contributed by atoms with E-state index in [1.807, 2.05) is 0 Å². The second-order valence-corrected chi connectivity index (χ2v) is 9.37. The zero-order valence-corrected chi connectivity index (χ0v) is 22.0. The molecule has 4 amide bonds. The van der Waals surface area contributed by atoms with E-state index >= 15 is 0 Å². The number of hydrogen-bond acceptors (Lipinski definition) is 10. The first-order valence-corrected chi connectivity index (χ1v) is 13.0. The highest BCUT2D eigenvalue weighted by atomic mass is 17.2. The molecule has 0 aliphatic carbocycles. The Balaban J connectivity index is 1.62. The van der Waals surface area contributed by atoms with Gasteiger partial charge in [0.15, 0.2) is 12.2 Å². The van der Waals surface area contributed by atoms with Gasteiger partial charge < -0.3 is 14.9 Å². The van der Waals surface area contributed by atoms with Crippen molar-refractivity contribution in [3.05, 3.63) is 24.3 Å². The number of aliphatic hydroxyl groups excluding tert-OH is 2. The molecule has 2 heterocycles. The van der Waals surface area contributed by atoms with E-state index in [4.69, 9.17) is 14.5 Å². The molecule has 0 aromatic carbocycles. The average molecular weight is 539 g/mol. The predicted octanol–water partition coefficient (Wildman–Crippen LogP) is 0.947. The topological polar surface area (TPSA) is 160 Å². The lowest BCUT2D eigenvalue weighted by Gasteiger charge is -2.29. The van der Waals surface area contributed by atoms with Crippen LogP contribution >= 0.6 is 0 Å². The van der Waals surface area contributed by atoms with Crippen LogP contribution in [0.15, 0.2) is 24.3 Å². The zero-order chi connectivity index (χ0) is 28.1. The van der Waals surface area contributed by atoms with Crippen molar-refractivity contribution in [2.24, 2.45) is 0 Å². The van der Waals surface area contributed by atoms with Crippen LogP contribution < -0.4 is 0 Å². The first kappa shape index (κ1) is 31.3. The number of unbranched alkanes of at least 4 members (excludes halogenated alkanes) is 5. The van der Waals surface area contributed by atoms with E-state index in [0.29, 0.717) is 38.6 Å². The lowest BCUT2D eigenvalue weighted by molar-refractivity contribution is -0.356. The Morgan fingerprint density at radius 2 is 1.16 bits per heavy atom. The summed E-state index contributed by atoms with van der Waals surface area (Å²) < 4.78 is 5.38. The summed E-state index contributed by atoms with van der Waals surface area (Å²) in [6.07, 6.45) is 4.94. The van der Waals surface area contributed by atoms with E-state index in [9.17, 15) is 34.2 Å². The molecule has 2 N–H and O–H groups in total. The average Bonchev–Trinajstić information content (AvgIpc) is 3.36. The van der Waals surface area contributed by atoms with Crippen LogP contribution in [0.2, 0.25) is 0 Å². The summed E-state index contributed by atoms with van der Waals surface area (Å²) in [5.41, 5.74) is 0. The molecule has 4 atom stereocenters. The molecule has 12 heteroatoms. The van der Waals surface area contributed by atoms with Crippen molar-refractivity contribution >= 4 is 29.6 Å². The lowest BCUT2D eigenvalue weighted by atomic mass is 10.0. The van der Waals surface area contributed by atoms with Crippen molar-refractivity contribution in [3.63, 3.8) is 0 Å². The Morgan fingerprint density at radius 3 is 1.63 bits per heavy atom. The second-order valence-electron chi connectivity index (χ2n) is 9.37. The third-order valence-corrected chi connectivity index (χ3v) is 6.14. The predicted molar refractivity (Wildman–Crippen MR) is 133 cm³/mol. The number of carbonyl (C=O) groups is 5. The molecule has 12 nitrogen and oxygen atoms in total. The molecule has 212 valence electrons. The Labute approximate surface area is 222 Å². The monoisotopic (exact) mass is 538 g/mol. The van der Waals surface area contributed by atoms with Gasteiger partial charge >= 0.3 is 5.97 Å². The van der Waals surface area contributed by atoms with Gasteiger partial charge in [-0.2, -0.15) is 0 Å². The molecular formula is C26H38N2O10. The normalized spacial score (nSPS) is 18.4. The first-order valence-electron chi connectivity index (χ1n) is 13.0. The highest BCUT2D eigenvalue weighted by Gasteiger charge is 2.35. The molecule has 38 heavy (non-hydrogen) atoms. The molecule has 0 spiro atoms. The zero-order valence-electron chi connectivity index (χ0n) is 22.0. The van der Waals surface area contributed by atoms with Crippen molar-refractivity contribution in [1.82, 2.24) is 9.80 Å². The molecule has 0 bridgehead atoms. The fourth-order valence-corrected chi connectivity index (χ4v) is 3.99. The van der Waals surface area contributed by atoms with Gasteiger partial charge in [0.1, 0.15) is 0 Å². The fourth-order valence-electron chi connectivity index (χ4n) is 3.99. The summed E-state index contributed by atoms with van der Waals surface area (Å²) in [4.78, 5) is 71.3. The summed E-state index contributed by atoms with van der Waals surface area (Å²) >= 11 is 0. The molecule has 0 fully saturated rings. The highest BCUT2D eigenvalue weighted by molar-refractivity contribution is 6.13. The Morgan fingerprint density at radius 1 is 0.711 bits per heavy atom. The number of amides is 4. The van der Waals surface area contributed by atoms with E-state index in [2.05, 4.69) is 0 Å².